The third-order valence-electron chi connectivity index (χ3n) is 5.01. The van der Waals surface area contributed by atoms with E-state index < -0.39 is 10.0 Å². The van der Waals surface area contributed by atoms with Crippen molar-refractivity contribution in [3.8, 4) is 0 Å². The standard InChI is InChI=1S/C22H22N6O4S/c1-16-3-7-18(8-4-16)28-14-13-27(22(28)30)15-20(29)25-17-5-9-19(10-6-17)33(31,32)26-21-23-11-2-12-24-21/h2-12H,13-15H2,1H3,(H,25,29)(H,23,24,26). The van der Waals surface area contributed by atoms with Crippen molar-refractivity contribution in [2.75, 3.05) is 34.6 Å². The number of aromatic nitrogens is 2. The van der Waals surface area contributed by atoms with Crippen molar-refractivity contribution in [1.82, 2.24) is 14.9 Å². The summed E-state index contributed by atoms with van der Waals surface area (Å²) in [6, 6.07) is 14.6. The number of rotatable bonds is 7. The van der Waals surface area contributed by atoms with Gasteiger partial charge in [-0.05, 0) is 49.4 Å². The van der Waals surface area contributed by atoms with Crippen molar-refractivity contribution in [2.24, 2.45) is 0 Å². The van der Waals surface area contributed by atoms with Crippen LogP contribution in [0.4, 0.5) is 22.1 Å². The van der Waals surface area contributed by atoms with Crippen LogP contribution in [-0.2, 0) is 14.8 Å². The number of aryl methyl sites for hydroxylation is 1. The number of benzene rings is 2. The maximum absolute atomic E-state index is 12.7. The summed E-state index contributed by atoms with van der Waals surface area (Å²) in [4.78, 5) is 35.9. The number of anilines is 3. The summed E-state index contributed by atoms with van der Waals surface area (Å²) in [7, 11) is -3.87. The fourth-order valence-electron chi connectivity index (χ4n) is 3.32. The van der Waals surface area contributed by atoms with Gasteiger partial charge in [-0.3, -0.25) is 9.69 Å². The van der Waals surface area contributed by atoms with E-state index in [1.165, 1.54) is 41.6 Å². The van der Waals surface area contributed by atoms with Crippen LogP contribution >= 0.6 is 0 Å². The zero-order valence-electron chi connectivity index (χ0n) is 17.8. The number of carbonyl (C=O) groups is 2. The molecule has 0 spiro atoms. The molecule has 11 heteroatoms. The zero-order valence-corrected chi connectivity index (χ0v) is 18.6. The highest BCUT2D eigenvalue weighted by molar-refractivity contribution is 7.92. The second kappa shape index (κ2) is 9.25. The number of nitrogens with one attached hydrogen (secondary N) is 2. The Labute approximate surface area is 191 Å². The Hall–Kier alpha value is -3.99. The van der Waals surface area contributed by atoms with Crippen molar-refractivity contribution >= 4 is 39.3 Å². The van der Waals surface area contributed by atoms with Crippen LogP contribution in [0.2, 0.25) is 0 Å². The molecule has 1 saturated heterocycles. The number of nitrogens with zero attached hydrogens (tertiary/aromatic N) is 4. The van der Waals surface area contributed by atoms with E-state index in [1.54, 1.807) is 11.0 Å². The Kier molecular flexibility index (Phi) is 6.22. The lowest BCUT2D eigenvalue weighted by Crippen LogP contribution is -2.37. The average molecular weight is 467 g/mol. The van der Waals surface area contributed by atoms with Gasteiger partial charge in [0.05, 0.1) is 4.90 Å². The summed E-state index contributed by atoms with van der Waals surface area (Å²) in [5, 5.41) is 2.69. The lowest BCUT2D eigenvalue weighted by atomic mass is 10.2. The molecule has 2 N–H and O–H groups in total. The molecule has 170 valence electrons. The zero-order chi connectivity index (χ0) is 23.4. The van der Waals surface area contributed by atoms with Gasteiger partial charge in [0, 0.05) is 36.9 Å². The van der Waals surface area contributed by atoms with E-state index in [4.69, 9.17) is 0 Å². The van der Waals surface area contributed by atoms with Crippen molar-refractivity contribution in [2.45, 2.75) is 11.8 Å². The van der Waals surface area contributed by atoms with Crippen LogP contribution < -0.4 is 14.9 Å². The van der Waals surface area contributed by atoms with Gasteiger partial charge in [-0.1, -0.05) is 17.7 Å². The summed E-state index contributed by atoms with van der Waals surface area (Å²) in [6.45, 7) is 2.81. The Morgan fingerprint density at radius 2 is 1.67 bits per heavy atom. The predicted octanol–water partition coefficient (Wildman–Crippen LogP) is 2.47. The molecule has 1 aliphatic rings. The average Bonchev–Trinajstić information content (AvgIpc) is 3.15. The summed E-state index contributed by atoms with van der Waals surface area (Å²) < 4.78 is 27.2. The van der Waals surface area contributed by atoms with Gasteiger partial charge in [0.2, 0.25) is 11.9 Å². The highest BCUT2D eigenvalue weighted by Crippen LogP contribution is 2.21. The van der Waals surface area contributed by atoms with Crippen LogP contribution in [0.25, 0.3) is 0 Å². The van der Waals surface area contributed by atoms with E-state index in [0.717, 1.165) is 11.3 Å². The molecule has 1 aromatic heterocycles. The fourth-order valence-corrected chi connectivity index (χ4v) is 4.27. The lowest BCUT2D eigenvalue weighted by Gasteiger charge is -2.18. The van der Waals surface area contributed by atoms with Crippen molar-refractivity contribution in [3.63, 3.8) is 0 Å². The van der Waals surface area contributed by atoms with Crippen LogP contribution in [-0.4, -0.2) is 54.9 Å². The van der Waals surface area contributed by atoms with Gasteiger partial charge in [-0.25, -0.2) is 27.9 Å². The molecule has 2 heterocycles. The number of hydrogen-bond acceptors (Lipinski definition) is 6. The smallest absolute Gasteiger partial charge is 0.325 e. The van der Waals surface area contributed by atoms with Crippen LogP contribution in [0.1, 0.15) is 5.56 Å². The van der Waals surface area contributed by atoms with Crippen molar-refractivity contribution < 1.29 is 18.0 Å². The first-order valence-electron chi connectivity index (χ1n) is 10.1. The highest BCUT2D eigenvalue weighted by Gasteiger charge is 2.30. The Morgan fingerprint density at radius 1 is 1.00 bits per heavy atom. The van der Waals surface area contributed by atoms with E-state index in [0.29, 0.717) is 18.8 Å². The summed E-state index contributed by atoms with van der Waals surface area (Å²) in [5.41, 5.74) is 2.31. The molecular weight excluding hydrogens is 444 g/mol. The SMILES string of the molecule is Cc1ccc(N2CCN(CC(=O)Nc3ccc(S(=O)(=O)Nc4ncccn4)cc3)C2=O)cc1. The van der Waals surface area contributed by atoms with Gasteiger partial charge in [0.25, 0.3) is 10.0 Å². The minimum absolute atomic E-state index is 0.00332. The first kappa shape index (κ1) is 22.2. The molecule has 33 heavy (non-hydrogen) atoms. The predicted molar refractivity (Wildman–Crippen MR) is 123 cm³/mol. The van der Waals surface area contributed by atoms with E-state index >= 15 is 0 Å². The molecule has 1 fully saturated rings. The molecule has 0 aliphatic carbocycles. The molecule has 0 bridgehead atoms. The van der Waals surface area contributed by atoms with Gasteiger partial charge in [0.1, 0.15) is 6.54 Å². The monoisotopic (exact) mass is 466 g/mol. The normalized spacial score (nSPS) is 13.8. The first-order chi connectivity index (χ1) is 15.8. The quantitative estimate of drug-likeness (QED) is 0.551. The molecule has 2 aromatic carbocycles. The van der Waals surface area contributed by atoms with E-state index in [1.807, 2.05) is 31.2 Å². The van der Waals surface area contributed by atoms with E-state index in [-0.39, 0.29) is 29.3 Å². The number of hydrogen-bond donors (Lipinski definition) is 2. The molecule has 0 atom stereocenters. The third-order valence-corrected chi connectivity index (χ3v) is 6.36. The maximum atomic E-state index is 12.7. The Balaban J connectivity index is 1.34. The topological polar surface area (TPSA) is 125 Å². The second-order valence-electron chi connectivity index (χ2n) is 7.44. The van der Waals surface area contributed by atoms with E-state index in [2.05, 4.69) is 20.0 Å². The highest BCUT2D eigenvalue weighted by atomic mass is 32.2. The molecule has 3 aromatic rings. The van der Waals surface area contributed by atoms with Gasteiger partial charge < -0.3 is 10.2 Å². The second-order valence-corrected chi connectivity index (χ2v) is 9.12. The maximum Gasteiger partial charge on any atom is 0.325 e. The number of urea groups is 1. The molecule has 3 amide bonds. The first-order valence-corrected chi connectivity index (χ1v) is 11.6. The van der Waals surface area contributed by atoms with Gasteiger partial charge >= 0.3 is 6.03 Å². The van der Waals surface area contributed by atoms with E-state index in [9.17, 15) is 18.0 Å². The largest absolute Gasteiger partial charge is 0.325 e. The van der Waals surface area contributed by atoms with Crippen molar-refractivity contribution in [1.29, 1.82) is 0 Å². The number of sulfonamides is 1. The number of amides is 3. The van der Waals surface area contributed by atoms with Gasteiger partial charge in [0.15, 0.2) is 0 Å². The minimum atomic E-state index is -3.87. The Morgan fingerprint density at radius 3 is 2.33 bits per heavy atom. The summed E-state index contributed by atoms with van der Waals surface area (Å²) in [6.07, 6.45) is 2.85. The molecule has 0 radical (unpaired) electrons. The molecular formula is C22H22N6O4S. The third kappa shape index (κ3) is 5.26. The molecule has 4 rings (SSSR count). The van der Waals surface area contributed by atoms with Gasteiger partial charge in [-0.2, -0.15) is 0 Å². The van der Waals surface area contributed by atoms with Crippen LogP contribution in [0.3, 0.4) is 0 Å². The summed E-state index contributed by atoms with van der Waals surface area (Å²) in [5.74, 6) is -0.412. The Bertz CT molecular complexity index is 1250. The lowest BCUT2D eigenvalue weighted by molar-refractivity contribution is -0.116. The van der Waals surface area contributed by atoms with Gasteiger partial charge in [-0.15, -0.1) is 0 Å². The molecule has 0 saturated carbocycles. The molecule has 0 unspecified atom stereocenters. The molecule has 1 aliphatic heterocycles. The number of carbonyl (C=O) groups excluding carboxylic acids is 2. The minimum Gasteiger partial charge on any atom is -0.325 e. The van der Waals surface area contributed by atoms with Crippen LogP contribution in [0.5, 0.6) is 0 Å². The van der Waals surface area contributed by atoms with Crippen LogP contribution in [0, 0.1) is 6.92 Å². The summed E-state index contributed by atoms with van der Waals surface area (Å²) >= 11 is 0. The van der Waals surface area contributed by atoms with Crippen molar-refractivity contribution in [3.05, 3.63) is 72.6 Å². The van der Waals surface area contributed by atoms with Crippen LogP contribution in [0.15, 0.2) is 71.9 Å². The fraction of sp³-hybridized carbons (Fsp3) is 0.182. The molecule has 10 nitrogen and oxygen atoms in total.